The minimum absolute atomic E-state index is 0.0649. The summed E-state index contributed by atoms with van der Waals surface area (Å²) in [4.78, 5) is 0. The van der Waals surface area contributed by atoms with Crippen molar-refractivity contribution in [2.75, 3.05) is 0 Å². The van der Waals surface area contributed by atoms with Crippen LogP contribution in [0.25, 0.3) is 0 Å². The van der Waals surface area contributed by atoms with Crippen LogP contribution in [0, 0.1) is 29.6 Å². The zero-order valence-corrected chi connectivity index (χ0v) is 8.50. The summed E-state index contributed by atoms with van der Waals surface area (Å²) in [6.07, 6.45) is 3.44. The van der Waals surface area contributed by atoms with Crippen molar-refractivity contribution in [1.29, 1.82) is 0 Å². The average molecular weight is 216 g/mol. The van der Waals surface area contributed by atoms with E-state index < -0.39 is 12.1 Å². The van der Waals surface area contributed by atoms with Crippen LogP contribution in [-0.2, 0) is 0 Å². The molecule has 3 aliphatic rings. The molecule has 0 aromatic carbocycles. The Morgan fingerprint density at radius 2 is 1.53 bits per heavy atom. The van der Waals surface area contributed by atoms with Gasteiger partial charge in [-0.05, 0) is 49.4 Å². The molecule has 0 nitrogen and oxygen atoms in total. The Morgan fingerprint density at radius 1 is 0.867 bits per heavy atom. The van der Waals surface area contributed by atoms with Crippen molar-refractivity contribution in [1.82, 2.24) is 0 Å². The summed E-state index contributed by atoms with van der Waals surface area (Å²) in [5.74, 6) is 0.204. The van der Waals surface area contributed by atoms with Crippen molar-refractivity contribution in [3.8, 4) is 0 Å². The molecule has 5 unspecified atom stereocenters. The highest BCUT2D eigenvalue weighted by Crippen LogP contribution is 2.61. The van der Waals surface area contributed by atoms with Crippen molar-refractivity contribution in [3.63, 3.8) is 0 Å². The van der Waals surface area contributed by atoms with E-state index in [0.717, 1.165) is 19.3 Å². The van der Waals surface area contributed by atoms with Gasteiger partial charge in [0, 0.05) is 0 Å². The highest BCUT2D eigenvalue weighted by atomic mass is 19.4. The Kier molecular flexibility index (Phi) is 1.96. The molecule has 0 N–H and O–H groups in total. The van der Waals surface area contributed by atoms with E-state index in [0.29, 0.717) is 24.2 Å². The number of fused-ring (bicyclic) bond motifs is 5. The monoisotopic (exact) mass is 216 g/mol. The number of alkyl halides is 3. The zero-order chi connectivity index (χ0) is 10.6. The van der Waals surface area contributed by atoms with Gasteiger partial charge in [-0.2, -0.15) is 13.2 Å². The molecular weight excluding hydrogens is 201 g/mol. The van der Waals surface area contributed by atoms with Crippen LogP contribution in [0.4, 0.5) is 13.2 Å². The third kappa shape index (κ3) is 1.35. The molecule has 0 amide bonds. The molecule has 3 rings (SSSR count). The third-order valence-electron chi connectivity index (χ3n) is 4.76. The highest BCUT2D eigenvalue weighted by Gasteiger charge is 2.59. The minimum atomic E-state index is -3.95. The molecule has 0 spiro atoms. The summed E-state index contributed by atoms with van der Waals surface area (Å²) in [5.41, 5.74) is 0. The minimum Gasteiger partial charge on any atom is -0.171 e. The van der Waals surface area contributed by atoms with Gasteiger partial charge < -0.3 is 0 Å². The lowest BCUT2D eigenvalue weighted by atomic mass is 9.69. The number of allylic oxidation sites excluding steroid dienone is 2. The van der Waals surface area contributed by atoms with E-state index >= 15 is 0 Å². The molecule has 2 fully saturated rings. The van der Waals surface area contributed by atoms with Crippen LogP contribution in [0.2, 0.25) is 0 Å². The normalized spacial score (nSPS) is 48.3. The zero-order valence-electron chi connectivity index (χ0n) is 8.50. The van der Waals surface area contributed by atoms with Gasteiger partial charge in [0.05, 0.1) is 5.92 Å². The van der Waals surface area contributed by atoms with Crippen LogP contribution in [0.1, 0.15) is 25.7 Å². The molecule has 0 aromatic rings. The van der Waals surface area contributed by atoms with E-state index in [4.69, 9.17) is 0 Å². The molecule has 2 bridgehead atoms. The van der Waals surface area contributed by atoms with E-state index in [2.05, 4.69) is 12.2 Å². The largest absolute Gasteiger partial charge is 0.392 e. The summed E-state index contributed by atoms with van der Waals surface area (Å²) in [7, 11) is 0. The Labute approximate surface area is 87.5 Å². The van der Waals surface area contributed by atoms with E-state index in [1.807, 2.05) is 0 Å². The number of rotatable bonds is 0. The standard InChI is InChI=1S/C12H15F3/c13-12(14,15)11-6-7-5-10(11)9-4-2-1-3-8(7)9/h1-2,7-11H,3-6H2. The Bertz CT molecular complexity index is 292. The van der Waals surface area contributed by atoms with Crippen molar-refractivity contribution in [2.45, 2.75) is 31.9 Å². The average Bonchev–Trinajstić information content (AvgIpc) is 2.74. The van der Waals surface area contributed by atoms with Gasteiger partial charge in [-0.25, -0.2) is 0 Å². The molecule has 0 aliphatic heterocycles. The topological polar surface area (TPSA) is 0 Å². The predicted molar refractivity (Wildman–Crippen MR) is 51.1 cm³/mol. The molecule has 2 saturated carbocycles. The molecule has 15 heavy (non-hydrogen) atoms. The van der Waals surface area contributed by atoms with Gasteiger partial charge in [-0.3, -0.25) is 0 Å². The van der Waals surface area contributed by atoms with Gasteiger partial charge in [-0.15, -0.1) is 0 Å². The van der Waals surface area contributed by atoms with Crippen molar-refractivity contribution >= 4 is 0 Å². The summed E-state index contributed by atoms with van der Waals surface area (Å²) >= 11 is 0. The third-order valence-corrected chi connectivity index (χ3v) is 4.76. The lowest BCUT2D eigenvalue weighted by Gasteiger charge is -2.37. The Morgan fingerprint density at radius 3 is 2.20 bits per heavy atom. The second-order valence-electron chi connectivity index (χ2n) is 5.31. The van der Waals surface area contributed by atoms with E-state index in [9.17, 15) is 13.2 Å². The van der Waals surface area contributed by atoms with Crippen LogP contribution in [0.15, 0.2) is 12.2 Å². The first kappa shape index (κ1) is 9.73. The molecule has 84 valence electrons. The summed E-state index contributed by atoms with van der Waals surface area (Å²) in [6.45, 7) is 0. The SMILES string of the molecule is FC(F)(F)C1CC2CC1C1CC=CCC21. The molecule has 3 aliphatic carbocycles. The highest BCUT2D eigenvalue weighted by molar-refractivity contribution is 5.08. The van der Waals surface area contributed by atoms with Gasteiger partial charge in [0.1, 0.15) is 0 Å². The molecule has 0 aromatic heterocycles. The molecule has 3 heteroatoms. The van der Waals surface area contributed by atoms with Crippen LogP contribution >= 0.6 is 0 Å². The van der Waals surface area contributed by atoms with E-state index in [-0.39, 0.29) is 5.92 Å². The smallest absolute Gasteiger partial charge is 0.171 e. The van der Waals surface area contributed by atoms with Gasteiger partial charge >= 0.3 is 6.18 Å². The maximum atomic E-state index is 12.8. The number of hydrogen-bond acceptors (Lipinski definition) is 0. The molecule has 5 atom stereocenters. The maximum Gasteiger partial charge on any atom is 0.392 e. The molecule has 0 radical (unpaired) electrons. The summed E-state index contributed by atoms with van der Waals surface area (Å²) in [5, 5.41) is 0. The predicted octanol–water partition coefficient (Wildman–Crippen LogP) is 3.79. The van der Waals surface area contributed by atoms with Crippen molar-refractivity contribution in [2.24, 2.45) is 29.6 Å². The number of hydrogen-bond donors (Lipinski definition) is 0. The Hall–Kier alpha value is -0.470. The fourth-order valence-corrected chi connectivity index (χ4v) is 4.20. The van der Waals surface area contributed by atoms with E-state index in [1.54, 1.807) is 0 Å². The van der Waals surface area contributed by atoms with Gasteiger partial charge in [0.25, 0.3) is 0 Å². The first-order valence-electron chi connectivity index (χ1n) is 5.79. The van der Waals surface area contributed by atoms with Crippen LogP contribution < -0.4 is 0 Å². The van der Waals surface area contributed by atoms with Crippen LogP contribution in [-0.4, -0.2) is 6.18 Å². The summed E-state index contributed by atoms with van der Waals surface area (Å²) in [6, 6.07) is 0. The second-order valence-corrected chi connectivity index (χ2v) is 5.31. The second kappa shape index (κ2) is 3.02. The van der Waals surface area contributed by atoms with Gasteiger partial charge in [-0.1, -0.05) is 12.2 Å². The fourth-order valence-electron chi connectivity index (χ4n) is 4.20. The first-order chi connectivity index (χ1) is 7.07. The van der Waals surface area contributed by atoms with Crippen molar-refractivity contribution < 1.29 is 13.2 Å². The maximum absolute atomic E-state index is 12.8. The lowest BCUT2D eigenvalue weighted by Crippen LogP contribution is -2.36. The molecular formula is C12H15F3. The Balaban J connectivity index is 1.84. The van der Waals surface area contributed by atoms with Crippen molar-refractivity contribution in [3.05, 3.63) is 12.2 Å². The van der Waals surface area contributed by atoms with Gasteiger partial charge in [0.15, 0.2) is 0 Å². The number of halogens is 3. The fraction of sp³-hybridized carbons (Fsp3) is 0.833. The van der Waals surface area contributed by atoms with E-state index in [1.165, 1.54) is 0 Å². The summed E-state index contributed by atoms with van der Waals surface area (Å²) < 4.78 is 38.3. The lowest BCUT2D eigenvalue weighted by molar-refractivity contribution is -0.194. The molecule has 0 heterocycles. The van der Waals surface area contributed by atoms with Gasteiger partial charge in [0.2, 0.25) is 0 Å². The quantitative estimate of drug-likeness (QED) is 0.540. The van der Waals surface area contributed by atoms with Crippen LogP contribution in [0.3, 0.4) is 0 Å². The van der Waals surface area contributed by atoms with Crippen LogP contribution in [0.5, 0.6) is 0 Å². The first-order valence-corrected chi connectivity index (χ1v) is 5.79. The molecule has 0 saturated heterocycles.